The lowest BCUT2D eigenvalue weighted by atomic mass is 10.1. The monoisotopic (exact) mass is 553 g/mol. The number of nitrogens with zero attached hydrogens (tertiary/aromatic N) is 2. The predicted octanol–water partition coefficient (Wildman–Crippen LogP) is 4.92. The largest absolute Gasteiger partial charge is 0.350 e. The van der Waals surface area contributed by atoms with Crippen LogP contribution in [0.15, 0.2) is 83.8 Å². The number of nitrogens with one attached hydrogen (secondary N) is 1. The summed E-state index contributed by atoms with van der Waals surface area (Å²) in [5.41, 5.74) is 1.21. The molecule has 0 heterocycles. The van der Waals surface area contributed by atoms with Gasteiger partial charge in [-0.15, -0.1) is 0 Å². The molecule has 208 valence electrons. The van der Waals surface area contributed by atoms with Crippen molar-refractivity contribution >= 4 is 27.5 Å². The van der Waals surface area contributed by atoms with Crippen LogP contribution in [-0.4, -0.2) is 43.3 Å². The van der Waals surface area contributed by atoms with Crippen LogP contribution in [0.3, 0.4) is 0 Å². The van der Waals surface area contributed by atoms with Gasteiger partial charge in [0.15, 0.2) is 0 Å². The number of rotatable bonds is 10. The Balaban J connectivity index is 2.06. The standard InChI is InChI=1S/C30H36FN3O4S/c1-6-24-12-10-11-15-27(24)34(39(37,38)26-13-8-7-9-14-26)21-28(35)33(20-23-16-18-25(31)19-17-23)22(2)29(36)32-30(3,4)5/h7-19,22H,6,20-21H2,1-5H3,(H,32,36)/t22-/m1/s1. The summed E-state index contributed by atoms with van der Waals surface area (Å²) in [6, 6.07) is 19.7. The third-order valence-electron chi connectivity index (χ3n) is 6.18. The second-order valence-electron chi connectivity index (χ2n) is 10.4. The zero-order valence-electron chi connectivity index (χ0n) is 23.0. The van der Waals surface area contributed by atoms with Crippen LogP contribution in [0.5, 0.6) is 0 Å². The second kappa shape index (κ2) is 12.4. The van der Waals surface area contributed by atoms with Crippen LogP contribution in [0.4, 0.5) is 10.1 Å². The van der Waals surface area contributed by atoms with Crippen molar-refractivity contribution < 1.29 is 22.4 Å². The van der Waals surface area contributed by atoms with Crippen molar-refractivity contribution in [2.24, 2.45) is 0 Å². The lowest BCUT2D eigenvalue weighted by molar-refractivity contribution is -0.140. The molecule has 0 aliphatic rings. The van der Waals surface area contributed by atoms with Gasteiger partial charge in [-0.3, -0.25) is 13.9 Å². The molecule has 2 amide bonds. The first-order chi connectivity index (χ1) is 18.3. The van der Waals surface area contributed by atoms with Crippen molar-refractivity contribution in [1.82, 2.24) is 10.2 Å². The predicted molar refractivity (Wildman–Crippen MR) is 151 cm³/mol. The SMILES string of the molecule is CCc1ccccc1N(CC(=O)N(Cc1ccc(F)cc1)[C@H](C)C(=O)NC(C)(C)C)S(=O)(=O)c1ccccc1. The number of para-hydroxylation sites is 1. The van der Waals surface area contributed by atoms with E-state index in [2.05, 4.69) is 5.32 Å². The minimum Gasteiger partial charge on any atom is -0.350 e. The van der Waals surface area contributed by atoms with E-state index in [0.717, 1.165) is 9.87 Å². The first-order valence-corrected chi connectivity index (χ1v) is 14.3. The molecule has 1 atom stereocenters. The van der Waals surface area contributed by atoms with Crippen LogP contribution in [0.2, 0.25) is 0 Å². The van der Waals surface area contributed by atoms with Gasteiger partial charge in [0.2, 0.25) is 11.8 Å². The third kappa shape index (κ3) is 7.66. The first-order valence-electron chi connectivity index (χ1n) is 12.8. The number of amides is 2. The maximum Gasteiger partial charge on any atom is 0.264 e. The molecule has 3 rings (SSSR count). The Morgan fingerprint density at radius 3 is 2.10 bits per heavy atom. The summed E-state index contributed by atoms with van der Waals surface area (Å²) >= 11 is 0. The number of carbonyl (C=O) groups is 2. The third-order valence-corrected chi connectivity index (χ3v) is 7.96. The summed E-state index contributed by atoms with van der Waals surface area (Å²) in [5.74, 6) is -1.38. The van der Waals surface area contributed by atoms with Crippen LogP contribution < -0.4 is 9.62 Å². The molecule has 0 aliphatic carbocycles. The highest BCUT2D eigenvalue weighted by atomic mass is 32.2. The number of benzene rings is 3. The van der Waals surface area contributed by atoms with E-state index < -0.39 is 39.9 Å². The Morgan fingerprint density at radius 2 is 1.51 bits per heavy atom. The van der Waals surface area contributed by atoms with Crippen LogP contribution in [-0.2, 0) is 32.6 Å². The average Bonchev–Trinajstić information content (AvgIpc) is 2.90. The minimum atomic E-state index is -4.13. The normalized spacial score (nSPS) is 12.5. The molecule has 9 heteroatoms. The molecule has 1 N–H and O–H groups in total. The molecule has 3 aromatic rings. The fraction of sp³-hybridized carbons (Fsp3) is 0.333. The number of aryl methyl sites for hydroxylation is 1. The highest BCUT2D eigenvalue weighted by molar-refractivity contribution is 7.92. The second-order valence-corrected chi connectivity index (χ2v) is 12.2. The maximum atomic E-state index is 14.0. The topological polar surface area (TPSA) is 86.8 Å². The number of hydrogen-bond donors (Lipinski definition) is 1. The Kier molecular flexibility index (Phi) is 9.50. The maximum absolute atomic E-state index is 14.0. The molecule has 0 radical (unpaired) electrons. The van der Waals surface area contributed by atoms with Crippen molar-refractivity contribution in [2.45, 2.75) is 64.1 Å². The Bertz CT molecular complexity index is 1390. The van der Waals surface area contributed by atoms with E-state index in [4.69, 9.17) is 0 Å². The van der Waals surface area contributed by atoms with E-state index in [9.17, 15) is 22.4 Å². The zero-order valence-corrected chi connectivity index (χ0v) is 23.8. The van der Waals surface area contributed by atoms with Gasteiger partial charge in [-0.2, -0.15) is 0 Å². The molecule has 0 unspecified atom stereocenters. The summed E-state index contributed by atoms with van der Waals surface area (Å²) in [6.07, 6.45) is 0.550. The van der Waals surface area contributed by atoms with Gasteiger partial charge in [0.1, 0.15) is 18.4 Å². The van der Waals surface area contributed by atoms with E-state index in [1.807, 2.05) is 39.8 Å². The Morgan fingerprint density at radius 1 is 0.923 bits per heavy atom. The molecule has 0 bridgehead atoms. The van der Waals surface area contributed by atoms with Crippen molar-refractivity contribution in [3.05, 3.63) is 95.8 Å². The molecule has 0 aromatic heterocycles. The Labute approximate surface area is 230 Å². The van der Waals surface area contributed by atoms with Gasteiger partial charge in [-0.05, 0) is 75.6 Å². The van der Waals surface area contributed by atoms with Crippen LogP contribution >= 0.6 is 0 Å². The molecule has 0 fully saturated rings. The van der Waals surface area contributed by atoms with E-state index in [1.54, 1.807) is 37.3 Å². The van der Waals surface area contributed by atoms with E-state index in [-0.39, 0.29) is 17.3 Å². The summed E-state index contributed by atoms with van der Waals surface area (Å²) in [6.45, 7) is 8.47. The molecule has 0 saturated carbocycles. The van der Waals surface area contributed by atoms with Crippen LogP contribution in [0.25, 0.3) is 0 Å². The average molecular weight is 554 g/mol. The molecular weight excluding hydrogens is 517 g/mol. The highest BCUT2D eigenvalue weighted by Crippen LogP contribution is 2.28. The molecule has 0 saturated heterocycles. The molecule has 0 spiro atoms. The summed E-state index contributed by atoms with van der Waals surface area (Å²) in [7, 11) is -4.13. The Hall–Kier alpha value is -3.72. The van der Waals surface area contributed by atoms with E-state index >= 15 is 0 Å². The fourth-order valence-electron chi connectivity index (χ4n) is 4.13. The van der Waals surface area contributed by atoms with Crippen LogP contribution in [0, 0.1) is 5.82 Å². The lowest BCUT2D eigenvalue weighted by Crippen LogP contribution is -2.54. The van der Waals surface area contributed by atoms with E-state index in [0.29, 0.717) is 17.7 Å². The van der Waals surface area contributed by atoms with Crippen molar-refractivity contribution in [3.8, 4) is 0 Å². The summed E-state index contributed by atoms with van der Waals surface area (Å²) < 4.78 is 42.4. The van der Waals surface area contributed by atoms with Gasteiger partial charge >= 0.3 is 0 Å². The smallest absolute Gasteiger partial charge is 0.264 e. The van der Waals surface area contributed by atoms with Gasteiger partial charge in [0.25, 0.3) is 10.0 Å². The van der Waals surface area contributed by atoms with Gasteiger partial charge in [-0.1, -0.05) is 55.5 Å². The van der Waals surface area contributed by atoms with E-state index in [1.165, 1.54) is 41.3 Å². The molecule has 39 heavy (non-hydrogen) atoms. The minimum absolute atomic E-state index is 0.00745. The summed E-state index contributed by atoms with van der Waals surface area (Å²) in [5, 5.41) is 2.88. The summed E-state index contributed by atoms with van der Waals surface area (Å²) in [4.78, 5) is 28.5. The van der Waals surface area contributed by atoms with Crippen LogP contribution in [0.1, 0.15) is 45.7 Å². The number of hydrogen-bond acceptors (Lipinski definition) is 4. The lowest BCUT2D eigenvalue weighted by Gasteiger charge is -2.34. The quantitative estimate of drug-likeness (QED) is 0.386. The number of carbonyl (C=O) groups excluding carboxylic acids is 2. The molecular formula is C30H36FN3O4S. The number of anilines is 1. The molecule has 7 nitrogen and oxygen atoms in total. The number of sulfonamides is 1. The van der Waals surface area contributed by atoms with Crippen molar-refractivity contribution in [1.29, 1.82) is 0 Å². The fourth-order valence-corrected chi connectivity index (χ4v) is 5.60. The number of halogens is 1. The molecule has 3 aromatic carbocycles. The van der Waals surface area contributed by atoms with Gasteiger partial charge < -0.3 is 10.2 Å². The van der Waals surface area contributed by atoms with Gasteiger partial charge in [0, 0.05) is 12.1 Å². The van der Waals surface area contributed by atoms with Crippen molar-refractivity contribution in [2.75, 3.05) is 10.8 Å². The van der Waals surface area contributed by atoms with Gasteiger partial charge in [0.05, 0.1) is 10.6 Å². The zero-order chi connectivity index (χ0) is 28.8. The first kappa shape index (κ1) is 29.8. The molecule has 0 aliphatic heterocycles. The highest BCUT2D eigenvalue weighted by Gasteiger charge is 2.34. The van der Waals surface area contributed by atoms with Crippen molar-refractivity contribution in [3.63, 3.8) is 0 Å². The van der Waals surface area contributed by atoms with Gasteiger partial charge in [-0.25, -0.2) is 12.8 Å².